The predicted octanol–water partition coefficient (Wildman–Crippen LogP) is 2.38. The van der Waals surface area contributed by atoms with E-state index in [2.05, 4.69) is 9.97 Å². The fourth-order valence-corrected chi connectivity index (χ4v) is 1.66. The van der Waals surface area contributed by atoms with Crippen molar-refractivity contribution in [3.05, 3.63) is 42.4 Å². The molecular weight excluding hydrogens is 228 g/mol. The van der Waals surface area contributed by atoms with Crippen LogP contribution in [0.15, 0.2) is 36.5 Å². The standard InChI is InChI=1S/C14H16N2O2/c1-14(2,17)13-15-9-8-11(16-13)10-6-4-5-7-12(10)18-3/h4-9,17H,1-3H3. The molecule has 0 saturated carbocycles. The number of aromatic nitrogens is 2. The Kier molecular flexibility index (Phi) is 3.30. The summed E-state index contributed by atoms with van der Waals surface area (Å²) < 4.78 is 5.30. The molecule has 0 bridgehead atoms. The number of rotatable bonds is 3. The van der Waals surface area contributed by atoms with Gasteiger partial charge in [0.1, 0.15) is 11.4 Å². The van der Waals surface area contributed by atoms with Gasteiger partial charge in [-0.25, -0.2) is 9.97 Å². The summed E-state index contributed by atoms with van der Waals surface area (Å²) in [6.45, 7) is 3.32. The summed E-state index contributed by atoms with van der Waals surface area (Å²) in [5.74, 6) is 1.14. The topological polar surface area (TPSA) is 55.2 Å². The van der Waals surface area contributed by atoms with E-state index in [0.29, 0.717) is 5.82 Å². The van der Waals surface area contributed by atoms with Crippen LogP contribution in [0.1, 0.15) is 19.7 Å². The molecule has 94 valence electrons. The lowest BCUT2D eigenvalue weighted by atomic mass is 10.1. The van der Waals surface area contributed by atoms with E-state index in [1.807, 2.05) is 24.3 Å². The van der Waals surface area contributed by atoms with Gasteiger partial charge in [-0.05, 0) is 32.0 Å². The van der Waals surface area contributed by atoms with Crippen molar-refractivity contribution in [2.75, 3.05) is 7.11 Å². The highest BCUT2D eigenvalue weighted by atomic mass is 16.5. The number of aliphatic hydroxyl groups is 1. The minimum Gasteiger partial charge on any atom is -0.496 e. The van der Waals surface area contributed by atoms with Crippen LogP contribution in [-0.4, -0.2) is 22.2 Å². The van der Waals surface area contributed by atoms with Gasteiger partial charge in [-0.3, -0.25) is 0 Å². The van der Waals surface area contributed by atoms with Crippen LogP contribution in [0.4, 0.5) is 0 Å². The van der Waals surface area contributed by atoms with Crippen LogP contribution in [0.5, 0.6) is 5.75 Å². The van der Waals surface area contributed by atoms with Gasteiger partial charge in [-0.2, -0.15) is 0 Å². The van der Waals surface area contributed by atoms with Crippen LogP contribution < -0.4 is 4.74 Å². The fraction of sp³-hybridized carbons (Fsp3) is 0.286. The molecule has 1 aromatic heterocycles. The van der Waals surface area contributed by atoms with E-state index in [1.165, 1.54) is 0 Å². The molecule has 0 atom stereocenters. The lowest BCUT2D eigenvalue weighted by molar-refractivity contribution is 0.0688. The van der Waals surface area contributed by atoms with E-state index in [-0.39, 0.29) is 0 Å². The highest BCUT2D eigenvalue weighted by molar-refractivity contribution is 5.66. The number of para-hydroxylation sites is 1. The third kappa shape index (κ3) is 2.49. The maximum absolute atomic E-state index is 9.93. The van der Waals surface area contributed by atoms with Gasteiger partial charge < -0.3 is 9.84 Å². The molecular formula is C14H16N2O2. The Morgan fingerprint density at radius 3 is 2.56 bits per heavy atom. The summed E-state index contributed by atoms with van der Waals surface area (Å²) in [7, 11) is 1.62. The van der Waals surface area contributed by atoms with Crippen molar-refractivity contribution < 1.29 is 9.84 Å². The Bertz CT molecular complexity index is 547. The number of nitrogens with zero attached hydrogens (tertiary/aromatic N) is 2. The van der Waals surface area contributed by atoms with Crippen molar-refractivity contribution in [1.29, 1.82) is 0 Å². The number of hydrogen-bond donors (Lipinski definition) is 1. The van der Waals surface area contributed by atoms with Crippen LogP contribution in [0.3, 0.4) is 0 Å². The van der Waals surface area contributed by atoms with Crippen LogP contribution in [-0.2, 0) is 5.60 Å². The Morgan fingerprint density at radius 1 is 1.17 bits per heavy atom. The highest BCUT2D eigenvalue weighted by Crippen LogP contribution is 2.28. The first kappa shape index (κ1) is 12.5. The monoisotopic (exact) mass is 244 g/mol. The SMILES string of the molecule is COc1ccccc1-c1ccnc(C(C)(C)O)n1. The van der Waals surface area contributed by atoms with E-state index < -0.39 is 5.60 Å². The van der Waals surface area contributed by atoms with Gasteiger partial charge in [0.05, 0.1) is 12.8 Å². The number of ether oxygens (including phenoxy) is 1. The lowest BCUT2D eigenvalue weighted by Crippen LogP contribution is -2.19. The first-order valence-electron chi connectivity index (χ1n) is 5.71. The average Bonchev–Trinajstić information content (AvgIpc) is 2.38. The zero-order valence-corrected chi connectivity index (χ0v) is 10.7. The summed E-state index contributed by atoms with van der Waals surface area (Å²) in [4.78, 5) is 8.47. The zero-order valence-electron chi connectivity index (χ0n) is 10.7. The van der Waals surface area contributed by atoms with Gasteiger partial charge >= 0.3 is 0 Å². The maximum Gasteiger partial charge on any atom is 0.160 e. The molecule has 1 N–H and O–H groups in total. The zero-order chi connectivity index (χ0) is 13.2. The minimum absolute atomic E-state index is 0.394. The minimum atomic E-state index is -1.06. The Hall–Kier alpha value is -1.94. The van der Waals surface area contributed by atoms with Crippen LogP contribution >= 0.6 is 0 Å². The molecule has 4 heteroatoms. The summed E-state index contributed by atoms with van der Waals surface area (Å²) in [5.41, 5.74) is 0.561. The van der Waals surface area contributed by atoms with Crippen molar-refractivity contribution in [3.63, 3.8) is 0 Å². The molecule has 2 aromatic rings. The van der Waals surface area contributed by atoms with E-state index in [4.69, 9.17) is 4.74 Å². The molecule has 1 heterocycles. The van der Waals surface area contributed by atoms with Gasteiger partial charge in [-0.15, -0.1) is 0 Å². The molecule has 1 aromatic carbocycles. The summed E-state index contributed by atoms with van der Waals surface area (Å²) in [6, 6.07) is 9.42. The summed E-state index contributed by atoms with van der Waals surface area (Å²) in [6.07, 6.45) is 1.64. The maximum atomic E-state index is 9.93. The van der Waals surface area contributed by atoms with E-state index in [1.54, 1.807) is 33.2 Å². The van der Waals surface area contributed by atoms with Crippen LogP contribution in [0, 0.1) is 0 Å². The van der Waals surface area contributed by atoms with Crippen molar-refractivity contribution in [2.45, 2.75) is 19.4 Å². The molecule has 4 nitrogen and oxygen atoms in total. The average molecular weight is 244 g/mol. The summed E-state index contributed by atoms with van der Waals surface area (Å²) in [5, 5.41) is 9.93. The highest BCUT2D eigenvalue weighted by Gasteiger charge is 2.20. The second kappa shape index (κ2) is 4.74. The molecule has 0 unspecified atom stereocenters. The Balaban J connectivity index is 2.51. The van der Waals surface area contributed by atoms with Crippen LogP contribution in [0.2, 0.25) is 0 Å². The Morgan fingerprint density at radius 2 is 1.89 bits per heavy atom. The molecule has 0 aliphatic carbocycles. The molecule has 0 radical (unpaired) electrons. The van der Waals surface area contributed by atoms with E-state index in [9.17, 15) is 5.11 Å². The predicted molar refractivity (Wildman–Crippen MR) is 69.3 cm³/mol. The number of methoxy groups -OCH3 is 1. The third-order valence-electron chi connectivity index (χ3n) is 2.59. The molecule has 0 aliphatic rings. The lowest BCUT2D eigenvalue weighted by Gasteiger charge is -2.16. The molecule has 0 aliphatic heterocycles. The molecule has 0 fully saturated rings. The Labute approximate surface area is 106 Å². The number of benzene rings is 1. The van der Waals surface area contributed by atoms with Crippen molar-refractivity contribution in [1.82, 2.24) is 9.97 Å². The fourth-order valence-electron chi connectivity index (χ4n) is 1.66. The van der Waals surface area contributed by atoms with Gasteiger partial charge in [0, 0.05) is 11.8 Å². The first-order valence-corrected chi connectivity index (χ1v) is 5.71. The van der Waals surface area contributed by atoms with Gasteiger partial charge in [0.15, 0.2) is 5.82 Å². The summed E-state index contributed by atoms with van der Waals surface area (Å²) >= 11 is 0. The smallest absolute Gasteiger partial charge is 0.160 e. The second-order valence-electron chi connectivity index (χ2n) is 4.52. The molecule has 0 amide bonds. The van der Waals surface area contributed by atoms with Gasteiger partial charge in [0.2, 0.25) is 0 Å². The molecule has 18 heavy (non-hydrogen) atoms. The molecule has 0 saturated heterocycles. The molecule has 0 spiro atoms. The number of hydrogen-bond acceptors (Lipinski definition) is 4. The van der Waals surface area contributed by atoms with Crippen molar-refractivity contribution >= 4 is 0 Å². The normalized spacial score (nSPS) is 11.3. The van der Waals surface area contributed by atoms with Gasteiger partial charge in [0.25, 0.3) is 0 Å². The third-order valence-corrected chi connectivity index (χ3v) is 2.59. The largest absolute Gasteiger partial charge is 0.496 e. The van der Waals surface area contributed by atoms with Crippen molar-refractivity contribution in [3.8, 4) is 17.0 Å². The molecule has 2 rings (SSSR count). The van der Waals surface area contributed by atoms with Crippen molar-refractivity contribution in [2.24, 2.45) is 0 Å². The van der Waals surface area contributed by atoms with Crippen LogP contribution in [0.25, 0.3) is 11.3 Å². The van der Waals surface area contributed by atoms with E-state index in [0.717, 1.165) is 17.0 Å². The quantitative estimate of drug-likeness (QED) is 0.900. The van der Waals surface area contributed by atoms with Gasteiger partial charge in [-0.1, -0.05) is 12.1 Å². The second-order valence-corrected chi connectivity index (χ2v) is 4.52. The first-order chi connectivity index (χ1) is 8.52. The van der Waals surface area contributed by atoms with E-state index >= 15 is 0 Å².